The zero-order chi connectivity index (χ0) is 22.4. The number of amides is 1. The first-order valence-corrected chi connectivity index (χ1v) is 10.4. The van der Waals surface area contributed by atoms with Crippen molar-refractivity contribution in [1.82, 2.24) is 9.97 Å². The summed E-state index contributed by atoms with van der Waals surface area (Å²) in [5.74, 6) is -0.0361. The SMILES string of the molecule is Cc1cc(C)nc(SCC(=O)Nc2cccc(CNc3cccc(C(F)(F)F)c3)c2)n1. The van der Waals surface area contributed by atoms with Gasteiger partial charge in [-0.15, -0.1) is 0 Å². The molecule has 2 N–H and O–H groups in total. The summed E-state index contributed by atoms with van der Waals surface area (Å²) in [5.41, 5.74) is 2.78. The van der Waals surface area contributed by atoms with Crippen molar-refractivity contribution in [2.75, 3.05) is 16.4 Å². The molecule has 3 rings (SSSR count). The van der Waals surface area contributed by atoms with Gasteiger partial charge in [0.2, 0.25) is 5.91 Å². The molecule has 0 atom stereocenters. The van der Waals surface area contributed by atoms with E-state index >= 15 is 0 Å². The molecule has 0 saturated heterocycles. The van der Waals surface area contributed by atoms with Gasteiger partial charge in [0.25, 0.3) is 0 Å². The second-order valence-electron chi connectivity index (χ2n) is 6.90. The monoisotopic (exact) mass is 446 g/mol. The molecule has 5 nitrogen and oxygen atoms in total. The minimum absolute atomic E-state index is 0.162. The van der Waals surface area contributed by atoms with Gasteiger partial charge in [-0.3, -0.25) is 4.79 Å². The number of thioether (sulfide) groups is 1. The van der Waals surface area contributed by atoms with E-state index in [-0.39, 0.29) is 11.7 Å². The van der Waals surface area contributed by atoms with Crippen LogP contribution in [0.1, 0.15) is 22.5 Å². The van der Waals surface area contributed by atoms with Crippen LogP contribution in [0.4, 0.5) is 24.5 Å². The van der Waals surface area contributed by atoms with E-state index in [1.165, 1.54) is 17.8 Å². The Labute approximate surface area is 182 Å². The lowest BCUT2D eigenvalue weighted by Gasteiger charge is -2.12. The number of aryl methyl sites for hydroxylation is 2. The largest absolute Gasteiger partial charge is 0.416 e. The van der Waals surface area contributed by atoms with E-state index in [0.717, 1.165) is 29.1 Å². The zero-order valence-corrected chi connectivity index (χ0v) is 17.8. The Hall–Kier alpha value is -3.07. The molecule has 0 bridgehead atoms. The number of aromatic nitrogens is 2. The van der Waals surface area contributed by atoms with E-state index in [4.69, 9.17) is 0 Å². The molecule has 0 fully saturated rings. The van der Waals surface area contributed by atoms with E-state index in [0.29, 0.717) is 23.1 Å². The summed E-state index contributed by atoms with van der Waals surface area (Å²) in [6.45, 7) is 4.06. The van der Waals surface area contributed by atoms with Crippen LogP contribution < -0.4 is 10.6 Å². The first kappa shape index (κ1) is 22.6. The van der Waals surface area contributed by atoms with E-state index in [2.05, 4.69) is 20.6 Å². The lowest BCUT2D eigenvalue weighted by Crippen LogP contribution is -2.14. The maximum atomic E-state index is 12.8. The minimum Gasteiger partial charge on any atom is -0.381 e. The molecule has 2 aromatic carbocycles. The Kier molecular flexibility index (Phi) is 7.17. The van der Waals surface area contributed by atoms with Gasteiger partial charge in [-0.1, -0.05) is 30.0 Å². The molecular formula is C22H21F3N4OS. The number of halogens is 3. The number of rotatable bonds is 7. The highest BCUT2D eigenvalue weighted by Gasteiger charge is 2.30. The number of hydrogen-bond donors (Lipinski definition) is 2. The minimum atomic E-state index is -4.39. The van der Waals surface area contributed by atoms with Crippen LogP contribution in [0, 0.1) is 13.8 Å². The highest BCUT2D eigenvalue weighted by Crippen LogP contribution is 2.30. The summed E-state index contributed by atoms with van der Waals surface area (Å²) in [6, 6.07) is 14.0. The number of carbonyl (C=O) groups is 1. The van der Waals surface area contributed by atoms with Crippen molar-refractivity contribution in [1.29, 1.82) is 0 Å². The van der Waals surface area contributed by atoms with Gasteiger partial charge >= 0.3 is 6.18 Å². The average Bonchev–Trinajstić information content (AvgIpc) is 2.70. The fraction of sp³-hybridized carbons (Fsp3) is 0.227. The number of nitrogens with zero attached hydrogens (tertiary/aromatic N) is 2. The first-order valence-electron chi connectivity index (χ1n) is 9.44. The van der Waals surface area contributed by atoms with Crippen LogP contribution in [0.25, 0.3) is 0 Å². The topological polar surface area (TPSA) is 66.9 Å². The fourth-order valence-corrected chi connectivity index (χ4v) is 3.60. The molecule has 0 aliphatic heterocycles. The molecule has 0 saturated carbocycles. The predicted octanol–water partition coefficient (Wildman–Crippen LogP) is 5.46. The summed E-state index contributed by atoms with van der Waals surface area (Å²) in [6.07, 6.45) is -4.39. The molecule has 0 aliphatic carbocycles. The van der Waals surface area contributed by atoms with Crippen molar-refractivity contribution in [2.45, 2.75) is 31.7 Å². The van der Waals surface area contributed by atoms with Crippen LogP contribution in [0.15, 0.2) is 59.8 Å². The number of anilines is 2. The molecular weight excluding hydrogens is 425 g/mol. The number of hydrogen-bond acceptors (Lipinski definition) is 5. The first-order chi connectivity index (χ1) is 14.7. The number of carbonyl (C=O) groups excluding carboxylic acids is 1. The Bertz CT molecular complexity index is 1050. The summed E-state index contributed by atoms with van der Waals surface area (Å²) in [4.78, 5) is 20.9. The van der Waals surface area contributed by atoms with E-state index in [9.17, 15) is 18.0 Å². The van der Waals surface area contributed by atoms with Crippen molar-refractivity contribution in [2.24, 2.45) is 0 Å². The van der Waals surface area contributed by atoms with Gasteiger partial charge in [-0.25, -0.2) is 9.97 Å². The van der Waals surface area contributed by atoms with Gasteiger partial charge in [-0.2, -0.15) is 13.2 Å². The molecule has 0 unspecified atom stereocenters. The van der Waals surface area contributed by atoms with Gasteiger partial charge in [0.05, 0.1) is 11.3 Å². The molecule has 0 radical (unpaired) electrons. The van der Waals surface area contributed by atoms with Crippen molar-refractivity contribution in [3.8, 4) is 0 Å². The van der Waals surface area contributed by atoms with Crippen molar-refractivity contribution >= 4 is 29.0 Å². The normalized spacial score (nSPS) is 11.3. The van der Waals surface area contributed by atoms with Crippen LogP contribution in [0.2, 0.25) is 0 Å². The zero-order valence-electron chi connectivity index (χ0n) is 17.0. The van der Waals surface area contributed by atoms with Crippen LogP contribution in [0.3, 0.4) is 0 Å². The third-order valence-electron chi connectivity index (χ3n) is 4.19. The van der Waals surface area contributed by atoms with Gasteiger partial charge in [-0.05, 0) is 55.8 Å². The Morgan fingerprint density at radius 3 is 2.35 bits per heavy atom. The molecule has 1 amide bonds. The summed E-state index contributed by atoms with van der Waals surface area (Å²) in [7, 11) is 0. The van der Waals surface area contributed by atoms with E-state index < -0.39 is 11.7 Å². The lowest BCUT2D eigenvalue weighted by molar-refractivity contribution is -0.137. The van der Waals surface area contributed by atoms with Crippen LogP contribution in [-0.4, -0.2) is 21.6 Å². The molecule has 0 aliphatic rings. The highest BCUT2D eigenvalue weighted by atomic mass is 32.2. The van der Waals surface area contributed by atoms with E-state index in [1.807, 2.05) is 26.0 Å². The van der Waals surface area contributed by atoms with Crippen molar-refractivity contribution in [3.05, 3.63) is 77.1 Å². The fourth-order valence-electron chi connectivity index (χ4n) is 2.85. The predicted molar refractivity (Wildman–Crippen MR) is 116 cm³/mol. The van der Waals surface area contributed by atoms with Crippen LogP contribution in [-0.2, 0) is 17.5 Å². The molecule has 1 aromatic heterocycles. The Morgan fingerprint density at radius 2 is 1.65 bits per heavy atom. The van der Waals surface area contributed by atoms with Crippen LogP contribution in [0.5, 0.6) is 0 Å². The van der Waals surface area contributed by atoms with E-state index in [1.54, 1.807) is 24.3 Å². The second kappa shape index (κ2) is 9.82. The maximum absolute atomic E-state index is 12.8. The third-order valence-corrected chi connectivity index (χ3v) is 5.04. The third kappa shape index (κ3) is 6.99. The maximum Gasteiger partial charge on any atom is 0.416 e. The summed E-state index contributed by atoms with van der Waals surface area (Å²) in [5, 5.41) is 6.34. The van der Waals surface area contributed by atoms with Gasteiger partial charge in [0, 0.05) is 29.3 Å². The average molecular weight is 446 g/mol. The molecule has 1 heterocycles. The number of benzene rings is 2. The molecule has 31 heavy (non-hydrogen) atoms. The molecule has 162 valence electrons. The van der Waals surface area contributed by atoms with Gasteiger partial charge < -0.3 is 10.6 Å². The highest BCUT2D eigenvalue weighted by molar-refractivity contribution is 7.99. The smallest absolute Gasteiger partial charge is 0.381 e. The summed E-state index contributed by atoms with van der Waals surface area (Å²) >= 11 is 1.25. The standard InChI is InChI=1S/C22H21F3N4OS/c1-14-9-15(2)28-21(27-14)31-13-20(30)29-19-8-3-5-16(10-19)12-26-18-7-4-6-17(11-18)22(23,24)25/h3-11,26H,12-13H2,1-2H3,(H,29,30). The van der Waals surface area contributed by atoms with Crippen molar-refractivity contribution < 1.29 is 18.0 Å². The molecule has 3 aromatic rings. The summed E-state index contributed by atoms with van der Waals surface area (Å²) < 4.78 is 38.5. The second-order valence-corrected chi connectivity index (χ2v) is 7.85. The van der Waals surface area contributed by atoms with Gasteiger partial charge in [0.1, 0.15) is 0 Å². The molecule has 0 spiro atoms. The van der Waals surface area contributed by atoms with Crippen molar-refractivity contribution in [3.63, 3.8) is 0 Å². The molecule has 9 heteroatoms. The Morgan fingerprint density at radius 1 is 0.968 bits per heavy atom. The lowest BCUT2D eigenvalue weighted by atomic mass is 10.1. The van der Waals surface area contributed by atoms with Gasteiger partial charge in [0.15, 0.2) is 5.16 Å². The quantitative estimate of drug-likeness (QED) is 0.373. The number of alkyl halides is 3. The number of nitrogens with one attached hydrogen (secondary N) is 2. The van der Waals surface area contributed by atoms with Crippen LogP contribution >= 0.6 is 11.8 Å². The Balaban J connectivity index is 1.55.